The number of rotatable bonds is 1. The van der Waals surface area contributed by atoms with Crippen LogP contribution in [0.2, 0.25) is 0 Å². The zero-order valence-corrected chi connectivity index (χ0v) is 10.0. The summed E-state index contributed by atoms with van der Waals surface area (Å²) in [5.41, 5.74) is 3.64. The first-order valence-electron chi connectivity index (χ1n) is 5.56. The lowest BCUT2D eigenvalue weighted by Gasteiger charge is -2.26. The number of aryl methyl sites for hydroxylation is 2. The lowest BCUT2D eigenvalue weighted by Crippen LogP contribution is -2.35. The molecular formula is C12H17N3O. The summed E-state index contributed by atoms with van der Waals surface area (Å²) in [5.74, 6) is 0.0937. The van der Waals surface area contributed by atoms with Crippen molar-refractivity contribution in [2.45, 2.75) is 27.2 Å². The lowest BCUT2D eigenvalue weighted by atomic mass is 10.1. The van der Waals surface area contributed by atoms with Crippen LogP contribution in [-0.4, -0.2) is 34.1 Å². The van der Waals surface area contributed by atoms with E-state index in [1.165, 1.54) is 5.57 Å². The number of aromatic amines is 1. The van der Waals surface area contributed by atoms with Gasteiger partial charge in [-0.25, -0.2) is 0 Å². The van der Waals surface area contributed by atoms with Crippen molar-refractivity contribution in [2.75, 3.05) is 13.1 Å². The van der Waals surface area contributed by atoms with E-state index < -0.39 is 0 Å². The summed E-state index contributed by atoms with van der Waals surface area (Å²) < 4.78 is 0. The largest absolute Gasteiger partial charge is 0.334 e. The van der Waals surface area contributed by atoms with E-state index in [4.69, 9.17) is 0 Å². The van der Waals surface area contributed by atoms with E-state index in [1.54, 1.807) is 0 Å². The van der Waals surface area contributed by atoms with Crippen LogP contribution >= 0.6 is 0 Å². The van der Waals surface area contributed by atoms with Crippen molar-refractivity contribution in [3.8, 4) is 0 Å². The van der Waals surface area contributed by atoms with E-state index in [0.717, 1.165) is 36.5 Å². The molecule has 1 aliphatic heterocycles. The SMILES string of the molecule is CC1=CCCN(C(=O)c2c(C)n[nH]c2C)C1. The fraction of sp³-hybridized carbons (Fsp3) is 0.500. The maximum absolute atomic E-state index is 12.3. The average molecular weight is 219 g/mol. The Morgan fingerprint density at radius 1 is 1.44 bits per heavy atom. The molecule has 2 rings (SSSR count). The summed E-state index contributed by atoms with van der Waals surface area (Å²) in [6, 6.07) is 0. The van der Waals surface area contributed by atoms with Crippen LogP contribution in [0, 0.1) is 13.8 Å². The van der Waals surface area contributed by atoms with Gasteiger partial charge in [0, 0.05) is 18.8 Å². The van der Waals surface area contributed by atoms with Crippen LogP contribution in [0.5, 0.6) is 0 Å². The number of aromatic nitrogens is 2. The van der Waals surface area contributed by atoms with Crippen molar-refractivity contribution in [3.05, 3.63) is 28.6 Å². The Morgan fingerprint density at radius 3 is 2.75 bits per heavy atom. The summed E-state index contributed by atoms with van der Waals surface area (Å²) >= 11 is 0. The second-order valence-corrected chi connectivity index (χ2v) is 4.37. The molecule has 4 heteroatoms. The van der Waals surface area contributed by atoms with Crippen LogP contribution in [0.4, 0.5) is 0 Å². The molecule has 1 amide bonds. The minimum atomic E-state index is 0.0937. The quantitative estimate of drug-likeness (QED) is 0.732. The molecule has 0 unspecified atom stereocenters. The van der Waals surface area contributed by atoms with Crippen LogP contribution in [0.1, 0.15) is 35.1 Å². The molecule has 1 aromatic rings. The van der Waals surface area contributed by atoms with Gasteiger partial charge >= 0.3 is 0 Å². The molecule has 0 spiro atoms. The topological polar surface area (TPSA) is 49.0 Å². The van der Waals surface area contributed by atoms with Crippen molar-refractivity contribution in [3.63, 3.8) is 0 Å². The summed E-state index contributed by atoms with van der Waals surface area (Å²) in [7, 11) is 0. The highest BCUT2D eigenvalue weighted by Gasteiger charge is 2.22. The number of hydrogen-bond acceptors (Lipinski definition) is 2. The van der Waals surface area contributed by atoms with Crippen molar-refractivity contribution in [2.24, 2.45) is 0 Å². The number of carbonyl (C=O) groups excluding carboxylic acids is 1. The van der Waals surface area contributed by atoms with E-state index in [1.807, 2.05) is 18.7 Å². The molecule has 0 atom stereocenters. The average Bonchev–Trinajstić information content (AvgIpc) is 2.58. The van der Waals surface area contributed by atoms with Gasteiger partial charge in [-0.15, -0.1) is 0 Å². The van der Waals surface area contributed by atoms with Gasteiger partial charge in [0.05, 0.1) is 11.3 Å². The number of H-pyrrole nitrogens is 1. The van der Waals surface area contributed by atoms with Gasteiger partial charge in [0.15, 0.2) is 0 Å². The second-order valence-electron chi connectivity index (χ2n) is 4.37. The minimum absolute atomic E-state index is 0.0937. The summed E-state index contributed by atoms with van der Waals surface area (Å²) in [6.07, 6.45) is 3.15. The number of amides is 1. The maximum Gasteiger partial charge on any atom is 0.257 e. The zero-order valence-electron chi connectivity index (χ0n) is 10.0. The second kappa shape index (κ2) is 4.12. The molecule has 16 heavy (non-hydrogen) atoms. The third-order valence-corrected chi connectivity index (χ3v) is 2.96. The van der Waals surface area contributed by atoms with Gasteiger partial charge in [-0.05, 0) is 27.2 Å². The maximum atomic E-state index is 12.3. The first-order chi connectivity index (χ1) is 7.59. The number of hydrogen-bond donors (Lipinski definition) is 1. The van der Waals surface area contributed by atoms with Gasteiger partial charge in [0.25, 0.3) is 5.91 Å². The highest BCUT2D eigenvalue weighted by atomic mass is 16.2. The molecule has 0 aromatic carbocycles. The third kappa shape index (κ3) is 1.87. The Hall–Kier alpha value is -1.58. The fourth-order valence-corrected chi connectivity index (χ4v) is 2.11. The molecule has 2 heterocycles. The Kier molecular flexibility index (Phi) is 2.81. The summed E-state index contributed by atoms with van der Waals surface area (Å²) in [5, 5.41) is 6.92. The minimum Gasteiger partial charge on any atom is -0.334 e. The van der Waals surface area contributed by atoms with Crippen LogP contribution in [-0.2, 0) is 0 Å². The van der Waals surface area contributed by atoms with Gasteiger partial charge in [-0.3, -0.25) is 9.89 Å². The molecule has 1 N–H and O–H groups in total. The molecule has 0 fully saturated rings. The molecule has 0 bridgehead atoms. The summed E-state index contributed by atoms with van der Waals surface area (Å²) in [6.45, 7) is 7.36. The fourth-order valence-electron chi connectivity index (χ4n) is 2.11. The van der Waals surface area contributed by atoms with E-state index >= 15 is 0 Å². The van der Waals surface area contributed by atoms with E-state index in [-0.39, 0.29) is 5.91 Å². The van der Waals surface area contributed by atoms with Crippen LogP contribution in [0.25, 0.3) is 0 Å². The predicted molar refractivity (Wildman–Crippen MR) is 62.3 cm³/mol. The van der Waals surface area contributed by atoms with Gasteiger partial charge in [0.1, 0.15) is 0 Å². The molecule has 0 saturated carbocycles. The zero-order chi connectivity index (χ0) is 11.7. The van der Waals surface area contributed by atoms with E-state index in [0.29, 0.717) is 0 Å². The predicted octanol–water partition coefficient (Wildman–Crippen LogP) is 1.82. The highest BCUT2D eigenvalue weighted by molar-refractivity contribution is 5.96. The highest BCUT2D eigenvalue weighted by Crippen LogP contribution is 2.16. The van der Waals surface area contributed by atoms with Gasteiger partial charge in [-0.2, -0.15) is 5.10 Å². The number of carbonyl (C=O) groups is 1. The number of nitrogens with zero attached hydrogens (tertiary/aromatic N) is 2. The standard InChI is InChI=1S/C12H17N3O/c1-8-5-4-6-15(7-8)12(16)11-9(2)13-14-10(11)3/h5H,4,6-7H2,1-3H3,(H,13,14). The summed E-state index contributed by atoms with van der Waals surface area (Å²) in [4.78, 5) is 14.2. The van der Waals surface area contributed by atoms with Crippen LogP contribution < -0.4 is 0 Å². The molecule has 1 aliphatic rings. The van der Waals surface area contributed by atoms with Crippen molar-refractivity contribution < 1.29 is 4.79 Å². The van der Waals surface area contributed by atoms with Crippen molar-refractivity contribution in [1.82, 2.24) is 15.1 Å². The Balaban J connectivity index is 2.23. The first kappa shape index (κ1) is 10.9. The van der Waals surface area contributed by atoms with Crippen LogP contribution in [0.3, 0.4) is 0 Å². The Bertz CT molecular complexity index is 426. The molecule has 1 aromatic heterocycles. The molecule has 0 saturated heterocycles. The Morgan fingerprint density at radius 2 is 2.19 bits per heavy atom. The van der Waals surface area contributed by atoms with Crippen LogP contribution in [0.15, 0.2) is 11.6 Å². The molecular weight excluding hydrogens is 202 g/mol. The molecule has 0 radical (unpaired) electrons. The lowest BCUT2D eigenvalue weighted by molar-refractivity contribution is 0.0764. The van der Waals surface area contributed by atoms with Gasteiger partial charge in [-0.1, -0.05) is 11.6 Å². The molecule has 86 valence electrons. The van der Waals surface area contributed by atoms with Crippen molar-refractivity contribution in [1.29, 1.82) is 0 Å². The smallest absolute Gasteiger partial charge is 0.257 e. The Labute approximate surface area is 95.3 Å². The third-order valence-electron chi connectivity index (χ3n) is 2.96. The van der Waals surface area contributed by atoms with Gasteiger partial charge in [0.2, 0.25) is 0 Å². The van der Waals surface area contributed by atoms with Gasteiger partial charge < -0.3 is 4.90 Å². The van der Waals surface area contributed by atoms with E-state index in [2.05, 4.69) is 23.2 Å². The van der Waals surface area contributed by atoms with Crippen molar-refractivity contribution >= 4 is 5.91 Å². The molecule has 0 aliphatic carbocycles. The normalized spacial score (nSPS) is 16.2. The monoisotopic (exact) mass is 219 g/mol. The number of nitrogens with one attached hydrogen (secondary N) is 1. The van der Waals surface area contributed by atoms with E-state index in [9.17, 15) is 4.79 Å². The first-order valence-corrected chi connectivity index (χ1v) is 5.56. The molecule has 4 nitrogen and oxygen atoms in total.